The molecule has 0 spiro atoms. The number of halogens is 2. The third-order valence-corrected chi connectivity index (χ3v) is 6.30. The minimum Gasteiger partial charge on any atom is -0.353 e. The van der Waals surface area contributed by atoms with Gasteiger partial charge in [0, 0.05) is 29.8 Å². The molecule has 2 aliphatic rings. The largest absolute Gasteiger partial charge is 0.353 e. The van der Waals surface area contributed by atoms with Gasteiger partial charge in [0.1, 0.15) is 11.6 Å². The van der Waals surface area contributed by atoms with Crippen LogP contribution in [0, 0.1) is 11.7 Å². The molecule has 10 nitrogen and oxygen atoms in total. The summed E-state index contributed by atoms with van der Waals surface area (Å²) in [5.74, 6) is -4.94. The second-order valence-electron chi connectivity index (χ2n) is 9.23. The number of hydrogen-bond donors (Lipinski definition) is 4. The van der Waals surface area contributed by atoms with Gasteiger partial charge in [0.15, 0.2) is 0 Å². The van der Waals surface area contributed by atoms with Gasteiger partial charge in [0.05, 0.1) is 16.6 Å². The van der Waals surface area contributed by atoms with Crippen molar-refractivity contribution < 1.29 is 28.4 Å². The summed E-state index contributed by atoms with van der Waals surface area (Å²) in [5, 5.41) is 10.4. The maximum Gasteiger partial charge on any atom is 0.289 e. The molecule has 2 fully saturated rings. The smallest absolute Gasteiger partial charge is 0.289 e. The van der Waals surface area contributed by atoms with E-state index >= 15 is 0 Å². The van der Waals surface area contributed by atoms with E-state index in [4.69, 9.17) is 11.6 Å². The van der Waals surface area contributed by atoms with Gasteiger partial charge < -0.3 is 21.3 Å². The number of nitrogens with zero attached hydrogens (tertiary/aromatic N) is 1. The standard InChI is InChI=1S/C25H25ClFN5O5/c1-12-7-14(23(35)29-12)9-19(20(33)25(37)30-17-5-6-17)31-24(36)18-10-15(26)11-28-21(18)32-22(34)13-3-2-4-16(27)8-13/h2-4,8,10-12,14,17,19H,5-7,9H2,1H3,(H,29,35)(H,30,37)(H,31,36)(H,28,32,34)/t12-,14+,19+/m1/s1. The Hall–Kier alpha value is -3.86. The summed E-state index contributed by atoms with van der Waals surface area (Å²) in [5.41, 5.74) is -0.184. The first-order valence-electron chi connectivity index (χ1n) is 11.8. The van der Waals surface area contributed by atoms with Crippen LogP contribution in [0.15, 0.2) is 36.5 Å². The number of hydrogen-bond acceptors (Lipinski definition) is 6. The molecule has 1 saturated carbocycles. The Bertz CT molecular complexity index is 1270. The minimum atomic E-state index is -1.31. The van der Waals surface area contributed by atoms with Crippen molar-refractivity contribution in [3.63, 3.8) is 0 Å². The van der Waals surface area contributed by atoms with E-state index in [0.717, 1.165) is 18.9 Å². The lowest BCUT2D eigenvalue weighted by Crippen LogP contribution is -2.49. The molecule has 37 heavy (non-hydrogen) atoms. The molecule has 0 radical (unpaired) electrons. The lowest BCUT2D eigenvalue weighted by atomic mass is 9.94. The van der Waals surface area contributed by atoms with E-state index in [0.29, 0.717) is 6.42 Å². The molecular formula is C25H25ClFN5O5. The van der Waals surface area contributed by atoms with Crippen molar-refractivity contribution in [3.8, 4) is 0 Å². The summed E-state index contributed by atoms with van der Waals surface area (Å²) >= 11 is 6.03. The van der Waals surface area contributed by atoms with Gasteiger partial charge in [-0.3, -0.25) is 24.0 Å². The molecule has 2 aromatic rings. The molecule has 1 aromatic carbocycles. The lowest BCUT2D eigenvalue weighted by molar-refractivity contribution is -0.139. The molecular weight excluding hydrogens is 505 g/mol. The normalized spacial score (nSPS) is 19.5. The molecule has 4 amide bonds. The zero-order valence-electron chi connectivity index (χ0n) is 19.8. The monoisotopic (exact) mass is 529 g/mol. The maximum atomic E-state index is 13.5. The van der Waals surface area contributed by atoms with Crippen LogP contribution in [0.4, 0.5) is 10.2 Å². The van der Waals surface area contributed by atoms with Crippen LogP contribution in [0.2, 0.25) is 5.02 Å². The molecule has 2 heterocycles. The van der Waals surface area contributed by atoms with Crippen molar-refractivity contribution in [2.75, 3.05) is 5.32 Å². The SMILES string of the molecule is C[C@@H]1C[C@@H](C[C@H](NC(=O)c2cc(Cl)cnc2NC(=O)c2cccc(F)c2)C(=O)C(=O)NC2CC2)C(=O)N1. The van der Waals surface area contributed by atoms with Crippen molar-refractivity contribution in [3.05, 3.63) is 58.5 Å². The molecule has 3 atom stereocenters. The van der Waals surface area contributed by atoms with Gasteiger partial charge in [-0.2, -0.15) is 0 Å². The molecule has 0 bridgehead atoms. The maximum absolute atomic E-state index is 13.5. The first-order valence-corrected chi connectivity index (χ1v) is 12.2. The topological polar surface area (TPSA) is 146 Å². The first-order chi connectivity index (χ1) is 17.6. The van der Waals surface area contributed by atoms with Crippen LogP contribution in [0.3, 0.4) is 0 Å². The molecule has 194 valence electrons. The number of pyridine rings is 1. The predicted octanol–water partition coefficient (Wildman–Crippen LogP) is 1.99. The van der Waals surface area contributed by atoms with E-state index in [-0.39, 0.29) is 46.4 Å². The predicted molar refractivity (Wildman–Crippen MR) is 131 cm³/mol. The van der Waals surface area contributed by atoms with Crippen molar-refractivity contribution in [1.82, 2.24) is 20.9 Å². The van der Waals surface area contributed by atoms with Crippen LogP contribution in [0.5, 0.6) is 0 Å². The third-order valence-electron chi connectivity index (χ3n) is 6.09. The van der Waals surface area contributed by atoms with Crippen LogP contribution < -0.4 is 21.3 Å². The van der Waals surface area contributed by atoms with Gasteiger partial charge in [0.2, 0.25) is 11.7 Å². The molecule has 12 heteroatoms. The highest BCUT2D eigenvalue weighted by Gasteiger charge is 2.38. The average molecular weight is 530 g/mol. The van der Waals surface area contributed by atoms with Gasteiger partial charge in [-0.25, -0.2) is 9.37 Å². The Kier molecular flexibility index (Phi) is 7.82. The summed E-state index contributed by atoms with van der Waals surface area (Å²) < 4.78 is 13.5. The zero-order chi connectivity index (χ0) is 26.7. The molecule has 4 rings (SSSR count). The van der Waals surface area contributed by atoms with Gasteiger partial charge in [-0.05, 0) is 56.9 Å². The summed E-state index contributed by atoms with van der Waals surface area (Å²) in [6.45, 7) is 1.82. The molecule has 1 saturated heterocycles. The van der Waals surface area contributed by atoms with Crippen molar-refractivity contribution in [2.24, 2.45) is 5.92 Å². The average Bonchev–Trinajstić information content (AvgIpc) is 3.61. The van der Waals surface area contributed by atoms with Crippen LogP contribution in [-0.4, -0.2) is 52.5 Å². The molecule has 1 aliphatic heterocycles. The van der Waals surface area contributed by atoms with Crippen molar-refractivity contribution in [1.29, 1.82) is 0 Å². The number of carbonyl (C=O) groups excluding carboxylic acids is 5. The van der Waals surface area contributed by atoms with Gasteiger partial charge >= 0.3 is 0 Å². The van der Waals surface area contributed by atoms with Crippen LogP contribution in [-0.2, 0) is 14.4 Å². The highest BCUT2D eigenvalue weighted by atomic mass is 35.5. The summed E-state index contributed by atoms with van der Waals surface area (Å²) in [4.78, 5) is 67.7. The second-order valence-corrected chi connectivity index (χ2v) is 9.67. The Morgan fingerprint density at radius 1 is 1.19 bits per heavy atom. The second kappa shape index (κ2) is 11.0. The Balaban J connectivity index is 1.55. The van der Waals surface area contributed by atoms with E-state index in [1.165, 1.54) is 30.5 Å². The number of anilines is 1. The summed E-state index contributed by atoms with van der Waals surface area (Å²) in [6, 6.07) is 4.68. The van der Waals surface area contributed by atoms with E-state index in [2.05, 4.69) is 26.3 Å². The minimum absolute atomic E-state index is 0.00530. The van der Waals surface area contributed by atoms with Crippen molar-refractivity contribution >= 4 is 46.8 Å². The Morgan fingerprint density at radius 3 is 2.59 bits per heavy atom. The fraction of sp³-hybridized carbons (Fsp3) is 0.360. The van der Waals surface area contributed by atoms with E-state index in [9.17, 15) is 28.4 Å². The lowest BCUT2D eigenvalue weighted by Gasteiger charge is -2.20. The van der Waals surface area contributed by atoms with E-state index in [1.54, 1.807) is 0 Å². The highest BCUT2D eigenvalue weighted by molar-refractivity contribution is 6.38. The number of nitrogens with one attached hydrogen (secondary N) is 4. The first kappa shape index (κ1) is 26.2. The molecule has 1 aromatic heterocycles. The molecule has 0 unspecified atom stereocenters. The Morgan fingerprint density at radius 2 is 1.95 bits per heavy atom. The third kappa shape index (κ3) is 6.67. The number of Topliss-reactive ketones (excluding diaryl/α,β-unsaturated/α-hetero) is 1. The number of benzene rings is 1. The summed E-state index contributed by atoms with van der Waals surface area (Å²) in [7, 11) is 0. The van der Waals surface area contributed by atoms with Crippen LogP contribution in [0.1, 0.15) is 53.3 Å². The van der Waals surface area contributed by atoms with Gasteiger partial charge in [0.25, 0.3) is 17.7 Å². The number of aromatic nitrogens is 1. The fourth-order valence-electron chi connectivity index (χ4n) is 4.07. The fourth-order valence-corrected chi connectivity index (χ4v) is 4.23. The van der Waals surface area contributed by atoms with Crippen LogP contribution >= 0.6 is 11.6 Å². The zero-order valence-corrected chi connectivity index (χ0v) is 20.6. The number of ketones is 1. The van der Waals surface area contributed by atoms with Crippen LogP contribution in [0.25, 0.3) is 0 Å². The number of carbonyl (C=O) groups is 5. The van der Waals surface area contributed by atoms with E-state index < -0.39 is 41.3 Å². The molecule has 1 aliphatic carbocycles. The number of amides is 4. The quantitative estimate of drug-likeness (QED) is 0.365. The van der Waals surface area contributed by atoms with Crippen molar-refractivity contribution in [2.45, 2.75) is 50.7 Å². The van der Waals surface area contributed by atoms with Gasteiger partial charge in [-0.1, -0.05) is 17.7 Å². The van der Waals surface area contributed by atoms with E-state index in [1.807, 2.05) is 6.92 Å². The highest BCUT2D eigenvalue weighted by Crippen LogP contribution is 2.24. The number of rotatable bonds is 9. The Labute approximate surface area is 216 Å². The van der Waals surface area contributed by atoms with Gasteiger partial charge in [-0.15, -0.1) is 0 Å². The summed E-state index contributed by atoms with van der Waals surface area (Å²) in [6.07, 6.45) is 3.09. The molecule has 4 N–H and O–H groups in total.